The number of hydrogen-bond donors (Lipinski definition) is 3. The van der Waals surface area contributed by atoms with Crippen molar-refractivity contribution in [2.45, 2.75) is 98.4 Å². The quantitative estimate of drug-likeness (QED) is 0.531. The van der Waals surface area contributed by atoms with E-state index in [4.69, 9.17) is 0 Å². The largest absolute Gasteiger partial charge is 0.393 e. The number of aliphatic hydroxyl groups excluding tert-OH is 3. The van der Waals surface area contributed by atoms with Gasteiger partial charge in [-0.1, -0.05) is 66.3 Å². The molecule has 3 heteroatoms. The summed E-state index contributed by atoms with van der Waals surface area (Å²) >= 11 is 0. The van der Waals surface area contributed by atoms with Crippen LogP contribution in [0.15, 0.2) is 36.0 Å². The molecule has 3 N–H and O–H groups in total. The highest BCUT2D eigenvalue weighted by Crippen LogP contribution is 2.60. The minimum absolute atomic E-state index is 0.173. The average molecular weight is 405 g/mol. The fourth-order valence-corrected chi connectivity index (χ4v) is 5.42. The van der Waals surface area contributed by atoms with Crippen LogP contribution in [0.25, 0.3) is 0 Å². The summed E-state index contributed by atoms with van der Waals surface area (Å²) in [6, 6.07) is 0. The maximum absolute atomic E-state index is 10.2. The van der Waals surface area contributed by atoms with Gasteiger partial charge in [-0.3, -0.25) is 0 Å². The Morgan fingerprint density at radius 2 is 1.79 bits per heavy atom. The Bertz CT molecular complexity index is 630. The summed E-state index contributed by atoms with van der Waals surface area (Å²) in [6.45, 7) is 17.8. The summed E-state index contributed by atoms with van der Waals surface area (Å²) in [5.74, 6) is 1.38. The molecule has 2 rings (SSSR count). The van der Waals surface area contributed by atoms with Gasteiger partial charge < -0.3 is 15.3 Å². The van der Waals surface area contributed by atoms with Crippen LogP contribution in [-0.4, -0.2) is 33.6 Å². The van der Waals surface area contributed by atoms with Gasteiger partial charge in [0.05, 0.1) is 18.3 Å². The number of aliphatic hydroxyl groups is 3. The van der Waals surface area contributed by atoms with Gasteiger partial charge in [0.2, 0.25) is 0 Å². The van der Waals surface area contributed by atoms with Gasteiger partial charge in [-0.25, -0.2) is 0 Å². The first-order valence-corrected chi connectivity index (χ1v) is 11.5. The molecule has 166 valence electrons. The van der Waals surface area contributed by atoms with E-state index in [0.29, 0.717) is 30.6 Å². The number of rotatable bonds is 7. The van der Waals surface area contributed by atoms with E-state index in [9.17, 15) is 15.3 Å². The third-order valence-electron chi connectivity index (χ3n) is 8.53. The summed E-state index contributed by atoms with van der Waals surface area (Å²) in [5, 5.41) is 30.2. The molecule has 0 spiro atoms. The van der Waals surface area contributed by atoms with E-state index >= 15 is 0 Å². The van der Waals surface area contributed by atoms with Crippen LogP contribution in [0.5, 0.6) is 0 Å². The second-order valence-electron chi connectivity index (χ2n) is 10.8. The van der Waals surface area contributed by atoms with Gasteiger partial charge in [-0.15, -0.1) is 0 Å². The molecule has 2 fully saturated rings. The molecule has 2 aliphatic rings. The monoisotopic (exact) mass is 404 g/mol. The van der Waals surface area contributed by atoms with Gasteiger partial charge in [0.15, 0.2) is 0 Å². The lowest BCUT2D eigenvalue weighted by Crippen LogP contribution is -2.39. The van der Waals surface area contributed by atoms with Crippen LogP contribution in [-0.2, 0) is 0 Å². The highest BCUT2D eigenvalue weighted by atomic mass is 16.3. The molecule has 3 nitrogen and oxygen atoms in total. The van der Waals surface area contributed by atoms with Gasteiger partial charge in [-0.2, -0.15) is 0 Å². The first-order chi connectivity index (χ1) is 13.4. The molecular formula is C26H44O3. The van der Waals surface area contributed by atoms with Crippen LogP contribution < -0.4 is 0 Å². The second kappa shape index (κ2) is 9.49. The molecule has 0 bridgehead atoms. The fourth-order valence-electron chi connectivity index (χ4n) is 5.42. The fraction of sp³-hybridized carbons (Fsp3) is 0.769. The third-order valence-corrected chi connectivity index (χ3v) is 8.53. The van der Waals surface area contributed by atoms with E-state index in [0.717, 1.165) is 24.0 Å². The Labute approximate surface area is 178 Å². The minimum Gasteiger partial charge on any atom is -0.393 e. The van der Waals surface area contributed by atoms with E-state index in [-0.39, 0.29) is 16.9 Å². The second-order valence-corrected chi connectivity index (χ2v) is 10.8. The molecule has 0 saturated heterocycles. The van der Waals surface area contributed by atoms with Crippen molar-refractivity contribution in [3.05, 3.63) is 36.0 Å². The van der Waals surface area contributed by atoms with E-state index in [1.165, 1.54) is 12.8 Å². The van der Waals surface area contributed by atoms with Crippen molar-refractivity contribution in [2.24, 2.45) is 28.6 Å². The molecule has 0 radical (unpaired) electrons. The summed E-state index contributed by atoms with van der Waals surface area (Å²) in [4.78, 5) is 0. The minimum atomic E-state index is -0.633. The predicted molar refractivity (Wildman–Crippen MR) is 121 cm³/mol. The predicted octanol–water partition coefficient (Wildman–Crippen LogP) is 5.42. The lowest BCUT2D eigenvalue weighted by Gasteiger charge is -2.46. The Kier molecular flexibility index (Phi) is 7.98. The zero-order chi connectivity index (χ0) is 22.0. The lowest BCUT2D eigenvalue weighted by molar-refractivity contribution is 0.0277. The molecule has 0 amide bonds. The third kappa shape index (κ3) is 5.24. The van der Waals surface area contributed by atoms with Crippen LogP contribution >= 0.6 is 0 Å². The first kappa shape index (κ1) is 24.4. The van der Waals surface area contributed by atoms with E-state index in [1.807, 2.05) is 6.08 Å². The van der Waals surface area contributed by atoms with Crippen LogP contribution in [0.3, 0.4) is 0 Å². The van der Waals surface area contributed by atoms with Crippen LogP contribution in [0.2, 0.25) is 0 Å². The summed E-state index contributed by atoms with van der Waals surface area (Å²) < 4.78 is 0. The molecule has 6 atom stereocenters. The maximum Gasteiger partial charge on any atom is 0.0811 e. The van der Waals surface area contributed by atoms with Crippen molar-refractivity contribution in [1.29, 1.82) is 0 Å². The Morgan fingerprint density at radius 1 is 1.14 bits per heavy atom. The molecule has 29 heavy (non-hydrogen) atoms. The van der Waals surface area contributed by atoms with Crippen molar-refractivity contribution in [3.8, 4) is 0 Å². The molecule has 0 aromatic rings. The first-order valence-electron chi connectivity index (χ1n) is 11.5. The zero-order valence-corrected chi connectivity index (χ0v) is 19.5. The average Bonchev–Trinajstić information content (AvgIpc) is 2.87. The smallest absolute Gasteiger partial charge is 0.0811 e. The maximum atomic E-state index is 10.2. The van der Waals surface area contributed by atoms with E-state index in [1.54, 1.807) is 0 Å². The van der Waals surface area contributed by atoms with Crippen molar-refractivity contribution in [1.82, 2.24) is 0 Å². The van der Waals surface area contributed by atoms with E-state index < -0.39 is 12.2 Å². The van der Waals surface area contributed by atoms with Gasteiger partial charge in [0.1, 0.15) is 0 Å². The summed E-state index contributed by atoms with van der Waals surface area (Å²) in [7, 11) is 0. The lowest BCUT2D eigenvalue weighted by atomic mass is 9.59. The molecule has 0 heterocycles. The van der Waals surface area contributed by atoms with Gasteiger partial charge in [-0.05, 0) is 71.8 Å². The molecule has 2 saturated carbocycles. The molecule has 0 aliphatic heterocycles. The molecule has 2 aliphatic carbocycles. The molecule has 0 aromatic heterocycles. The van der Waals surface area contributed by atoms with Crippen LogP contribution in [0, 0.1) is 28.6 Å². The van der Waals surface area contributed by atoms with Crippen molar-refractivity contribution >= 4 is 0 Å². The highest BCUT2D eigenvalue weighted by Gasteiger charge is 2.52. The number of allylic oxidation sites excluding steroid dienone is 3. The summed E-state index contributed by atoms with van der Waals surface area (Å²) in [5.41, 5.74) is 2.12. The van der Waals surface area contributed by atoms with Gasteiger partial charge in [0.25, 0.3) is 0 Å². The normalized spacial score (nSPS) is 36.3. The topological polar surface area (TPSA) is 60.7 Å². The molecular weight excluding hydrogens is 360 g/mol. The SMILES string of the molecule is C=C1/C(=C/C=C/[C@@H]2CC[C@](C)([C@@H](C)CC[C@H](O)C(C)C)C2(C)C)C[C@@H](O)C[C@@H]1O. The Balaban J connectivity index is 2.06. The van der Waals surface area contributed by atoms with Crippen LogP contribution in [0.4, 0.5) is 0 Å². The Morgan fingerprint density at radius 3 is 2.41 bits per heavy atom. The number of hydrogen-bond acceptors (Lipinski definition) is 3. The molecule has 0 aromatic carbocycles. The molecule has 0 unspecified atom stereocenters. The van der Waals surface area contributed by atoms with Crippen molar-refractivity contribution in [3.63, 3.8) is 0 Å². The van der Waals surface area contributed by atoms with Crippen LogP contribution in [0.1, 0.15) is 80.1 Å². The highest BCUT2D eigenvalue weighted by molar-refractivity contribution is 5.37. The zero-order valence-electron chi connectivity index (χ0n) is 19.5. The van der Waals surface area contributed by atoms with Crippen molar-refractivity contribution in [2.75, 3.05) is 0 Å². The van der Waals surface area contributed by atoms with Gasteiger partial charge >= 0.3 is 0 Å². The summed E-state index contributed by atoms with van der Waals surface area (Å²) in [6.07, 6.45) is 10.4. The van der Waals surface area contributed by atoms with E-state index in [2.05, 4.69) is 60.3 Å². The van der Waals surface area contributed by atoms with Crippen molar-refractivity contribution < 1.29 is 15.3 Å². The standard InChI is InChI=1S/C26H44O3/c1-17(2)23(28)12-11-18(3)26(7)14-13-21(25(26,5)6)10-8-9-20-15-22(27)16-24(29)19(20)4/h8-10,17-18,21-24,27-29H,4,11-16H2,1-3,5-7H3/b10-8+,20-9+/t18-,21+,22+,23-,24-,26+/m0/s1. The Hall–Kier alpha value is -0.900. The van der Waals surface area contributed by atoms with Gasteiger partial charge in [0, 0.05) is 6.42 Å².